The zero-order chi connectivity index (χ0) is 37.8. The van der Waals surface area contributed by atoms with Gasteiger partial charge < -0.3 is 47.8 Å². The van der Waals surface area contributed by atoms with Gasteiger partial charge in [-0.2, -0.15) is 0 Å². The average molecular weight is 727 g/mol. The fraction of sp³-hybridized carbons (Fsp3) is 0.684. The first kappa shape index (κ1) is 35.5. The van der Waals surface area contributed by atoms with Crippen molar-refractivity contribution in [2.24, 2.45) is 28.1 Å². The first-order valence-electron chi connectivity index (χ1n) is 17.8. The lowest BCUT2D eigenvalue weighted by Gasteiger charge is -2.76. The van der Waals surface area contributed by atoms with Crippen molar-refractivity contribution in [3.05, 3.63) is 47.5 Å². The highest BCUT2D eigenvalue weighted by atomic mass is 17.0. The lowest BCUT2D eigenvalue weighted by Crippen LogP contribution is -2.93. The van der Waals surface area contributed by atoms with Crippen LogP contribution >= 0.6 is 0 Å². The third-order valence-electron chi connectivity index (χ3n) is 14.4. The van der Waals surface area contributed by atoms with Crippen LogP contribution in [0.4, 0.5) is 0 Å². The van der Waals surface area contributed by atoms with Crippen LogP contribution in [0.3, 0.4) is 0 Å². The van der Waals surface area contributed by atoms with E-state index < -0.39 is 105 Å². The summed E-state index contributed by atoms with van der Waals surface area (Å²) >= 11 is 0. The Labute approximate surface area is 300 Å². The van der Waals surface area contributed by atoms with Gasteiger partial charge in [0.1, 0.15) is 35.6 Å². The van der Waals surface area contributed by atoms with Crippen molar-refractivity contribution in [1.29, 1.82) is 0 Å². The third-order valence-corrected chi connectivity index (χ3v) is 14.4. The van der Waals surface area contributed by atoms with E-state index in [0.717, 1.165) is 0 Å². The van der Waals surface area contributed by atoms with Crippen LogP contribution in [0.5, 0.6) is 0 Å². The van der Waals surface area contributed by atoms with E-state index in [1.807, 2.05) is 0 Å². The van der Waals surface area contributed by atoms with Gasteiger partial charge in [-0.1, -0.05) is 33.8 Å². The number of furan rings is 1. The summed E-state index contributed by atoms with van der Waals surface area (Å²) in [5.41, 5.74) is -11.5. The smallest absolute Gasteiger partial charge is 0.333 e. The molecule has 282 valence electrons. The Morgan fingerprint density at radius 1 is 1.10 bits per heavy atom. The quantitative estimate of drug-likeness (QED) is 0.237. The fourth-order valence-electron chi connectivity index (χ4n) is 12.1. The molecule has 1 spiro atoms. The Bertz CT molecular complexity index is 1850. The van der Waals surface area contributed by atoms with E-state index >= 15 is 0 Å². The van der Waals surface area contributed by atoms with Crippen LogP contribution in [0.1, 0.15) is 86.3 Å². The van der Waals surface area contributed by atoms with Gasteiger partial charge >= 0.3 is 23.9 Å². The van der Waals surface area contributed by atoms with Gasteiger partial charge in [-0.05, 0) is 44.7 Å². The van der Waals surface area contributed by atoms with Crippen LogP contribution in [-0.2, 0) is 52.3 Å². The molecule has 14 nitrogen and oxygen atoms in total. The number of methoxy groups -OCH3 is 1. The Hall–Kier alpha value is -3.56. The van der Waals surface area contributed by atoms with Gasteiger partial charge in [-0.25, -0.2) is 9.59 Å². The highest BCUT2D eigenvalue weighted by molar-refractivity contribution is 5.88. The Balaban J connectivity index is 1.48. The number of fused-ring (bicyclic) bond motifs is 4. The normalized spacial score (nSPS) is 49.2. The Morgan fingerprint density at radius 2 is 1.81 bits per heavy atom. The molecule has 52 heavy (non-hydrogen) atoms. The average Bonchev–Trinajstić information content (AvgIpc) is 3.87. The van der Waals surface area contributed by atoms with Crippen molar-refractivity contribution in [2.75, 3.05) is 7.11 Å². The van der Waals surface area contributed by atoms with Crippen LogP contribution in [0, 0.1) is 28.1 Å². The number of aliphatic hydroxyl groups is 2. The molecule has 7 aliphatic rings. The lowest BCUT2D eigenvalue weighted by atomic mass is 9.34. The highest BCUT2D eigenvalue weighted by Crippen LogP contribution is 2.88. The third kappa shape index (κ3) is 3.50. The van der Waals surface area contributed by atoms with Gasteiger partial charge in [0, 0.05) is 53.7 Å². The summed E-state index contributed by atoms with van der Waals surface area (Å²) in [6, 6.07) is 1.64. The van der Waals surface area contributed by atoms with Crippen LogP contribution in [0.2, 0.25) is 0 Å². The molecule has 4 aliphatic carbocycles. The predicted octanol–water partition coefficient (Wildman–Crippen LogP) is 3.34. The molecule has 4 saturated carbocycles. The standard InChI is InChI=1S/C38H46O14/c1-10-19(4)28(42)49-29-31(6)17-34(43)33(8,22(31)13-25(40)45-9)35-15-24(47-20(5)39)32(7)23(14-26(41)48-27(32)21-11-12-46-16-21)37(35)30(36(29,34)44)50-38(51-35,52-37)18(2)3/h10-12,14,16,18,22,24,27,29-30,43-44H,13,15,17H2,1-9H3. The van der Waals surface area contributed by atoms with Crippen molar-refractivity contribution in [3.8, 4) is 0 Å². The minimum Gasteiger partial charge on any atom is -0.472 e. The van der Waals surface area contributed by atoms with Crippen molar-refractivity contribution in [1.82, 2.24) is 0 Å². The number of rotatable bonds is 7. The van der Waals surface area contributed by atoms with Crippen molar-refractivity contribution in [2.45, 2.75) is 127 Å². The van der Waals surface area contributed by atoms with E-state index in [1.54, 1.807) is 60.6 Å². The number of allylic oxidation sites excluding steroid dienone is 1. The molecule has 0 amide bonds. The van der Waals surface area contributed by atoms with Crippen molar-refractivity contribution in [3.63, 3.8) is 0 Å². The van der Waals surface area contributed by atoms with Crippen LogP contribution in [-0.4, -0.2) is 87.9 Å². The number of ether oxygens (including phenoxy) is 7. The summed E-state index contributed by atoms with van der Waals surface area (Å²) in [6.45, 7) is 13.4. The van der Waals surface area contributed by atoms with E-state index in [4.69, 9.17) is 37.6 Å². The van der Waals surface area contributed by atoms with Crippen molar-refractivity contribution < 1.29 is 67.0 Å². The molecule has 2 N–H and O–H groups in total. The number of carbonyl (C=O) groups excluding carboxylic acids is 4. The zero-order valence-corrected chi connectivity index (χ0v) is 30.8. The second-order valence-corrected chi connectivity index (χ2v) is 16.7. The topological polar surface area (TPSA) is 186 Å². The highest BCUT2D eigenvalue weighted by Gasteiger charge is 3.03. The zero-order valence-electron chi connectivity index (χ0n) is 30.8. The van der Waals surface area contributed by atoms with Crippen LogP contribution < -0.4 is 0 Å². The summed E-state index contributed by atoms with van der Waals surface area (Å²) in [7, 11) is 1.25. The molecule has 4 bridgehead atoms. The van der Waals surface area contributed by atoms with Gasteiger partial charge in [-0.15, -0.1) is 0 Å². The number of hydrogen-bond donors (Lipinski definition) is 2. The number of carbonyl (C=O) groups is 4. The predicted molar refractivity (Wildman–Crippen MR) is 174 cm³/mol. The molecular formula is C38H46O14. The lowest BCUT2D eigenvalue weighted by molar-refractivity contribution is -0.456. The number of hydrogen-bond acceptors (Lipinski definition) is 14. The van der Waals surface area contributed by atoms with E-state index in [1.165, 1.54) is 32.6 Å². The molecule has 0 aromatic carbocycles. The van der Waals surface area contributed by atoms with Gasteiger partial charge in [-0.3, -0.25) is 9.59 Å². The maximum atomic E-state index is 13.8. The van der Waals surface area contributed by atoms with Crippen LogP contribution in [0.15, 0.2) is 46.3 Å². The Morgan fingerprint density at radius 3 is 2.40 bits per heavy atom. The monoisotopic (exact) mass is 726 g/mol. The van der Waals surface area contributed by atoms with Gasteiger partial charge in [0.05, 0.1) is 25.1 Å². The van der Waals surface area contributed by atoms with E-state index in [2.05, 4.69) is 0 Å². The molecule has 0 radical (unpaired) electrons. The van der Waals surface area contributed by atoms with E-state index in [-0.39, 0.29) is 30.4 Å². The summed E-state index contributed by atoms with van der Waals surface area (Å²) in [5, 5.41) is 27.1. The number of esters is 4. The second kappa shape index (κ2) is 10.3. The molecule has 3 aliphatic heterocycles. The molecule has 14 heteroatoms. The fourth-order valence-corrected chi connectivity index (χ4v) is 12.1. The summed E-state index contributed by atoms with van der Waals surface area (Å²) in [4.78, 5) is 53.9. The van der Waals surface area contributed by atoms with Gasteiger partial charge in [0.25, 0.3) is 5.97 Å². The molecule has 13 atom stereocenters. The molecule has 8 rings (SSSR count). The van der Waals surface area contributed by atoms with Crippen LogP contribution in [0.25, 0.3) is 0 Å². The number of cyclic esters (lactones) is 1. The maximum absolute atomic E-state index is 13.8. The maximum Gasteiger partial charge on any atom is 0.333 e. The summed E-state index contributed by atoms with van der Waals surface area (Å²) in [5.74, 6) is -6.02. The summed E-state index contributed by atoms with van der Waals surface area (Å²) < 4.78 is 50.3. The second-order valence-electron chi connectivity index (χ2n) is 16.7. The SMILES string of the molecule is CC=C(C)C(=O)OC1C2(C)CC3(O)C1(O)C1OC4(C(C)C)OC15C1=CC(=O)OC(c6ccoc6)C1(C)C(OC(C)=O)CC5(O4)C3(C)C2CC(=O)OC. The first-order chi connectivity index (χ1) is 24.2. The Kier molecular flexibility index (Phi) is 7.06. The molecule has 13 unspecified atom stereocenters. The molecule has 6 fully saturated rings. The molecule has 1 aromatic heterocycles. The molecule has 4 heterocycles. The largest absolute Gasteiger partial charge is 0.472 e. The minimum absolute atomic E-state index is 0.133. The van der Waals surface area contributed by atoms with E-state index in [0.29, 0.717) is 5.56 Å². The minimum atomic E-state index is -2.40. The molecular weight excluding hydrogens is 680 g/mol. The molecule has 2 saturated heterocycles. The van der Waals surface area contributed by atoms with E-state index in [9.17, 15) is 29.4 Å². The van der Waals surface area contributed by atoms with Crippen molar-refractivity contribution >= 4 is 23.9 Å². The van der Waals surface area contributed by atoms with Gasteiger partial charge in [0.15, 0.2) is 11.2 Å². The summed E-state index contributed by atoms with van der Waals surface area (Å²) in [6.07, 6.45) is 0.0537. The van der Waals surface area contributed by atoms with Gasteiger partial charge in [0.2, 0.25) is 0 Å². The first-order valence-corrected chi connectivity index (χ1v) is 17.8. The molecule has 1 aromatic rings.